The van der Waals surface area contributed by atoms with Crippen LogP contribution in [-0.2, 0) is 6.42 Å². The first kappa shape index (κ1) is 16.0. The Morgan fingerprint density at radius 2 is 1.64 bits per heavy atom. The zero-order valence-corrected chi connectivity index (χ0v) is 13.5. The summed E-state index contributed by atoms with van der Waals surface area (Å²) in [6.45, 7) is 7.47. The van der Waals surface area contributed by atoms with Crippen LogP contribution >= 0.6 is 0 Å². The number of hydrogen-bond acceptors (Lipinski definition) is 3. The van der Waals surface area contributed by atoms with Gasteiger partial charge in [-0.15, -0.1) is 0 Å². The molecule has 0 saturated heterocycles. The van der Waals surface area contributed by atoms with Crippen molar-refractivity contribution in [1.82, 2.24) is 9.88 Å². The van der Waals surface area contributed by atoms with Gasteiger partial charge in [0.15, 0.2) is 0 Å². The summed E-state index contributed by atoms with van der Waals surface area (Å²) in [5.74, 6) is -0.0242. The molecule has 4 heteroatoms. The number of amides is 1. The van der Waals surface area contributed by atoms with Gasteiger partial charge in [0.2, 0.25) is 0 Å². The van der Waals surface area contributed by atoms with Crippen LogP contribution in [0.25, 0.3) is 0 Å². The predicted molar refractivity (Wildman–Crippen MR) is 90.6 cm³/mol. The van der Waals surface area contributed by atoms with Crippen molar-refractivity contribution in [3.8, 4) is 0 Å². The number of aryl methyl sites for hydroxylation is 1. The molecule has 2 aromatic rings. The first-order valence-electron chi connectivity index (χ1n) is 7.79. The second-order valence-electron chi connectivity index (χ2n) is 5.09. The quantitative estimate of drug-likeness (QED) is 0.880. The standard InChI is InChI=1S/C18H23N3O/c1-4-14-7-9-15(10-8-14)20-16-11-12-17(19-13-16)18(22)21(5-2)6-3/h7-13,20H,4-6H2,1-3H3. The van der Waals surface area contributed by atoms with E-state index < -0.39 is 0 Å². The maximum absolute atomic E-state index is 12.2. The van der Waals surface area contributed by atoms with E-state index in [-0.39, 0.29) is 5.91 Å². The van der Waals surface area contributed by atoms with Gasteiger partial charge < -0.3 is 10.2 Å². The Balaban J connectivity index is 2.06. The Hall–Kier alpha value is -2.36. The highest BCUT2D eigenvalue weighted by Crippen LogP contribution is 2.17. The zero-order valence-electron chi connectivity index (χ0n) is 13.5. The van der Waals surface area contributed by atoms with Crippen LogP contribution in [0.3, 0.4) is 0 Å². The average Bonchev–Trinajstić information content (AvgIpc) is 2.57. The molecule has 116 valence electrons. The highest BCUT2D eigenvalue weighted by Gasteiger charge is 2.13. The van der Waals surface area contributed by atoms with E-state index in [1.54, 1.807) is 17.2 Å². The highest BCUT2D eigenvalue weighted by atomic mass is 16.2. The second-order valence-corrected chi connectivity index (χ2v) is 5.09. The van der Waals surface area contributed by atoms with Crippen LogP contribution in [0.4, 0.5) is 11.4 Å². The van der Waals surface area contributed by atoms with E-state index >= 15 is 0 Å². The van der Waals surface area contributed by atoms with E-state index in [0.717, 1.165) is 17.8 Å². The van der Waals surface area contributed by atoms with Crippen LogP contribution in [-0.4, -0.2) is 28.9 Å². The summed E-state index contributed by atoms with van der Waals surface area (Å²) in [6, 6.07) is 12.0. The molecule has 1 amide bonds. The van der Waals surface area contributed by atoms with Gasteiger partial charge in [0.1, 0.15) is 5.69 Å². The number of rotatable bonds is 6. The van der Waals surface area contributed by atoms with Crippen LogP contribution in [0.2, 0.25) is 0 Å². The summed E-state index contributed by atoms with van der Waals surface area (Å²) in [4.78, 5) is 18.2. The smallest absolute Gasteiger partial charge is 0.272 e. The molecule has 22 heavy (non-hydrogen) atoms. The number of carbonyl (C=O) groups is 1. The van der Waals surface area contributed by atoms with Crippen molar-refractivity contribution in [1.29, 1.82) is 0 Å². The molecule has 1 aromatic carbocycles. The van der Waals surface area contributed by atoms with E-state index in [2.05, 4.69) is 29.4 Å². The number of hydrogen-bond donors (Lipinski definition) is 1. The van der Waals surface area contributed by atoms with E-state index in [1.807, 2.05) is 32.0 Å². The van der Waals surface area contributed by atoms with Gasteiger partial charge in [0.25, 0.3) is 5.91 Å². The summed E-state index contributed by atoms with van der Waals surface area (Å²) >= 11 is 0. The van der Waals surface area contributed by atoms with E-state index in [0.29, 0.717) is 18.8 Å². The molecular weight excluding hydrogens is 274 g/mol. The first-order chi connectivity index (χ1) is 10.7. The van der Waals surface area contributed by atoms with Crippen LogP contribution in [0.1, 0.15) is 36.8 Å². The van der Waals surface area contributed by atoms with Gasteiger partial charge in [0, 0.05) is 18.8 Å². The average molecular weight is 297 g/mol. The van der Waals surface area contributed by atoms with Crippen molar-refractivity contribution in [2.24, 2.45) is 0 Å². The van der Waals surface area contributed by atoms with E-state index in [1.165, 1.54) is 5.56 Å². The molecule has 0 fully saturated rings. The topological polar surface area (TPSA) is 45.2 Å². The molecule has 1 N–H and O–H groups in total. The Bertz CT molecular complexity index is 601. The fourth-order valence-corrected chi connectivity index (χ4v) is 2.26. The van der Waals surface area contributed by atoms with Crippen molar-refractivity contribution >= 4 is 17.3 Å². The summed E-state index contributed by atoms with van der Waals surface area (Å²) in [5.41, 5.74) is 3.68. The van der Waals surface area contributed by atoms with E-state index in [9.17, 15) is 4.79 Å². The summed E-state index contributed by atoms with van der Waals surface area (Å²) in [7, 11) is 0. The molecule has 0 aliphatic rings. The number of anilines is 2. The Kier molecular flexibility index (Phi) is 5.53. The van der Waals surface area contributed by atoms with Crippen molar-refractivity contribution in [2.45, 2.75) is 27.2 Å². The van der Waals surface area contributed by atoms with Gasteiger partial charge in [0.05, 0.1) is 11.9 Å². The van der Waals surface area contributed by atoms with Crippen LogP contribution < -0.4 is 5.32 Å². The maximum atomic E-state index is 12.2. The van der Waals surface area contributed by atoms with Crippen LogP contribution in [0.15, 0.2) is 42.6 Å². The molecule has 0 unspecified atom stereocenters. The number of carbonyl (C=O) groups excluding carboxylic acids is 1. The molecule has 0 aliphatic carbocycles. The number of aromatic nitrogens is 1. The Morgan fingerprint density at radius 1 is 1.00 bits per heavy atom. The lowest BCUT2D eigenvalue weighted by Crippen LogP contribution is -2.31. The van der Waals surface area contributed by atoms with Crippen molar-refractivity contribution < 1.29 is 4.79 Å². The number of nitrogens with one attached hydrogen (secondary N) is 1. The molecule has 2 rings (SSSR count). The lowest BCUT2D eigenvalue weighted by Gasteiger charge is -2.18. The van der Waals surface area contributed by atoms with Gasteiger partial charge in [-0.2, -0.15) is 0 Å². The van der Waals surface area contributed by atoms with Crippen LogP contribution in [0.5, 0.6) is 0 Å². The molecular formula is C18H23N3O. The third-order valence-corrected chi connectivity index (χ3v) is 3.68. The van der Waals surface area contributed by atoms with Crippen molar-refractivity contribution in [3.05, 3.63) is 53.9 Å². The van der Waals surface area contributed by atoms with Gasteiger partial charge in [-0.25, -0.2) is 4.98 Å². The lowest BCUT2D eigenvalue weighted by molar-refractivity contribution is 0.0767. The minimum absolute atomic E-state index is 0.0242. The molecule has 0 aliphatic heterocycles. The lowest BCUT2D eigenvalue weighted by atomic mass is 10.1. The Labute approximate surface area is 132 Å². The second kappa shape index (κ2) is 7.59. The summed E-state index contributed by atoms with van der Waals surface area (Å²) < 4.78 is 0. The Morgan fingerprint density at radius 3 is 2.14 bits per heavy atom. The fraction of sp³-hybridized carbons (Fsp3) is 0.333. The molecule has 0 radical (unpaired) electrons. The third kappa shape index (κ3) is 3.85. The molecule has 0 atom stereocenters. The van der Waals surface area contributed by atoms with Crippen molar-refractivity contribution in [3.63, 3.8) is 0 Å². The highest BCUT2D eigenvalue weighted by molar-refractivity contribution is 5.92. The molecule has 1 aromatic heterocycles. The third-order valence-electron chi connectivity index (χ3n) is 3.68. The van der Waals surface area contributed by atoms with Gasteiger partial charge in [-0.05, 0) is 50.1 Å². The summed E-state index contributed by atoms with van der Waals surface area (Å²) in [6.07, 6.45) is 2.73. The monoisotopic (exact) mass is 297 g/mol. The molecule has 0 saturated carbocycles. The molecule has 4 nitrogen and oxygen atoms in total. The van der Waals surface area contributed by atoms with Gasteiger partial charge in [-0.3, -0.25) is 4.79 Å². The molecule has 0 spiro atoms. The minimum Gasteiger partial charge on any atom is -0.354 e. The number of pyridine rings is 1. The fourth-order valence-electron chi connectivity index (χ4n) is 2.26. The molecule has 0 bridgehead atoms. The van der Waals surface area contributed by atoms with Gasteiger partial charge >= 0.3 is 0 Å². The first-order valence-corrected chi connectivity index (χ1v) is 7.79. The predicted octanol–water partition coefficient (Wildman–Crippen LogP) is 3.87. The zero-order chi connectivity index (χ0) is 15.9. The number of benzene rings is 1. The van der Waals surface area contributed by atoms with Crippen molar-refractivity contribution in [2.75, 3.05) is 18.4 Å². The SMILES string of the molecule is CCc1ccc(Nc2ccc(C(=O)N(CC)CC)nc2)cc1. The number of nitrogens with zero attached hydrogens (tertiary/aromatic N) is 2. The summed E-state index contributed by atoms with van der Waals surface area (Å²) in [5, 5.41) is 3.29. The van der Waals surface area contributed by atoms with Crippen LogP contribution in [0, 0.1) is 0 Å². The normalized spacial score (nSPS) is 10.3. The largest absolute Gasteiger partial charge is 0.354 e. The van der Waals surface area contributed by atoms with E-state index in [4.69, 9.17) is 0 Å². The van der Waals surface area contributed by atoms with Gasteiger partial charge in [-0.1, -0.05) is 19.1 Å². The maximum Gasteiger partial charge on any atom is 0.272 e. The molecule has 1 heterocycles. The minimum atomic E-state index is -0.0242.